The Labute approximate surface area is 151 Å². The van der Waals surface area contributed by atoms with E-state index in [4.69, 9.17) is 0 Å². The molecular formula is C20H20N4O2. The van der Waals surface area contributed by atoms with Crippen LogP contribution in [0.1, 0.15) is 18.9 Å². The number of para-hydroxylation sites is 1. The van der Waals surface area contributed by atoms with Gasteiger partial charge >= 0.3 is 0 Å². The van der Waals surface area contributed by atoms with Crippen molar-refractivity contribution in [1.29, 1.82) is 0 Å². The molecule has 6 nitrogen and oxygen atoms in total. The molecule has 0 aliphatic heterocycles. The Balaban J connectivity index is 1.67. The summed E-state index contributed by atoms with van der Waals surface area (Å²) >= 11 is 0. The fourth-order valence-corrected chi connectivity index (χ4v) is 2.76. The Morgan fingerprint density at radius 3 is 2.65 bits per heavy atom. The van der Waals surface area contributed by atoms with Crippen LogP contribution in [-0.4, -0.2) is 28.3 Å². The first-order valence-corrected chi connectivity index (χ1v) is 8.42. The standard InChI is InChI=1S/C20H20N4O2/c1-15(25)24(18-8-2-6-17-7-4-11-22-20(17)18)12-9-19(26)23-14-16-5-3-10-21-13-16/h2-8,10-11,13H,9,12,14H2,1H3,(H,23,26). The van der Waals surface area contributed by atoms with Crippen LogP contribution in [0.15, 0.2) is 61.1 Å². The zero-order chi connectivity index (χ0) is 18.4. The molecule has 0 aliphatic rings. The minimum absolute atomic E-state index is 0.117. The third kappa shape index (κ3) is 4.22. The van der Waals surface area contributed by atoms with E-state index in [0.29, 0.717) is 13.1 Å². The fraction of sp³-hybridized carbons (Fsp3) is 0.200. The second kappa shape index (κ2) is 8.20. The summed E-state index contributed by atoms with van der Waals surface area (Å²) < 4.78 is 0. The van der Waals surface area contributed by atoms with Crippen LogP contribution in [0.5, 0.6) is 0 Å². The summed E-state index contributed by atoms with van der Waals surface area (Å²) in [5.41, 5.74) is 2.40. The molecule has 0 saturated carbocycles. The molecule has 3 rings (SSSR count). The van der Waals surface area contributed by atoms with Gasteiger partial charge in [0.05, 0.1) is 11.2 Å². The normalized spacial score (nSPS) is 10.5. The van der Waals surface area contributed by atoms with Gasteiger partial charge in [-0.2, -0.15) is 0 Å². The van der Waals surface area contributed by atoms with Gasteiger partial charge in [0.15, 0.2) is 0 Å². The fourth-order valence-electron chi connectivity index (χ4n) is 2.76. The number of nitrogens with one attached hydrogen (secondary N) is 1. The molecule has 2 heterocycles. The number of anilines is 1. The molecule has 26 heavy (non-hydrogen) atoms. The van der Waals surface area contributed by atoms with Crippen LogP contribution in [0.25, 0.3) is 10.9 Å². The van der Waals surface area contributed by atoms with E-state index in [0.717, 1.165) is 22.2 Å². The van der Waals surface area contributed by atoms with Gasteiger partial charge in [-0.25, -0.2) is 0 Å². The number of carbonyl (C=O) groups is 2. The minimum Gasteiger partial charge on any atom is -0.352 e. The molecule has 0 spiro atoms. The van der Waals surface area contributed by atoms with Gasteiger partial charge in [-0.3, -0.25) is 19.6 Å². The van der Waals surface area contributed by atoms with E-state index in [1.165, 1.54) is 6.92 Å². The van der Waals surface area contributed by atoms with Crippen LogP contribution >= 0.6 is 0 Å². The van der Waals surface area contributed by atoms with Crippen molar-refractivity contribution in [3.63, 3.8) is 0 Å². The van der Waals surface area contributed by atoms with Gasteiger partial charge in [0.2, 0.25) is 11.8 Å². The van der Waals surface area contributed by atoms with Crippen LogP contribution in [0.4, 0.5) is 5.69 Å². The Morgan fingerprint density at radius 1 is 1.08 bits per heavy atom. The lowest BCUT2D eigenvalue weighted by molar-refractivity contribution is -0.121. The Morgan fingerprint density at radius 2 is 1.88 bits per heavy atom. The number of nitrogens with zero attached hydrogens (tertiary/aromatic N) is 3. The van der Waals surface area contributed by atoms with Gasteiger partial charge in [-0.15, -0.1) is 0 Å². The van der Waals surface area contributed by atoms with Crippen molar-refractivity contribution < 1.29 is 9.59 Å². The monoisotopic (exact) mass is 348 g/mol. The van der Waals surface area contributed by atoms with Crippen LogP contribution in [0.3, 0.4) is 0 Å². The maximum absolute atomic E-state index is 12.2. The highest BCUT2D eigenvalue weighted by molar-refractivity contribution is 6.01. The Bertz CT molecular complexity index is 907. The summed E-state index contributed by atoms with van der Waals surface area (Å²) in [7, 11) is 0. The van der Waals surface area contributed by atoms with Crippen molar-refractivity contribution in [1.82, 2.24) is 15.3 Å². The average molecular weight is 348 g/mol. The third-order valence-corrected chi connectivity index (χ3v) is 4.06. The molecule has 2 amide bonds. The van der Waals surface area contributed by atoms with E-state index in [1.54, 1.807) is 23.5 Å². The number of rotatable bonds is 6. The zero-order valence-electron chi connectivity index (χ0n) is 14.6. The summed E-state index contributed by atoms with van der Waals surface area (Å²) in [4.78, 5) is 34.3. The third-order valence-electron chi connectivity index (χ3n) is 4.06. The molecule has 0 saturated heterocycles. The quantitative estimate of drug-likeness (QED) is 0.743. The number of carbonyl (C=O) groups excluding carboxylic acids is 2. The van der Waals surface area contributed by atoms with E-state index in [9.17, 15) is 9.59 Å². The van der Waals surface area contributed by atoms with Crippen molar-refractivity contribution in [2.75, 3.05) is 11.4 Å². The molecule has 0 atom stereocenters. The van der Waals surface area contributed by atoms with Gasteiger partial charge < -0.3 is 10.2 Å². The maximum Gasteiger partial charge on any atom is 0.223 e. The summed E-state index contributed by atoms with van der Waals surface area (Å²) in [6.45, 7) is 2.21. The second-order valence-electron chi connectivity index (χ2n) is 5.91. The molecule has 3 aromatic rings. The largest absolute Gasteiger partial charge is 0.352 e. The van der Waals surface area contributed by atoms with Crippen molar-refractivity contribution >= 4 is 28.4 Å². The summed E-state index contributed by atoms with van der Waals surface area (Å²) in [5, 5.41) is 3.81. The second-order valence-corrected chi connectivity index (χ2v) is 5.91. The molecule has 0 unspecified atom stereocenters. The summed E-state index contributed by atoms with van der Waals surface area (Å²) in [6, 6.07) is 13.2. The van der Waals surface area contributed by atoms with Crippen LogP contribution < -0.4 is 10.2 Å². The van der Waals surface area contributed by atoms with E-state index < -0.39 is 0 Å². The van der Waals surface area contributed by atoms with Crippen molar-refractivity contribution in [3.05, 3.63) is 66.6 Å². The van der Waals surface area contributed by atoms with Gasteiger partial charge in [0.25, 0.3) is 0 Å². The first-order valence-electron chi connectivity index (χ1n) is 8.42. The highest BCUT2D eigenvalue weighted by Gasteiger charge is 2.16. The summed E-state index contributed by atoms with van der Waals surface area (Å²) in [5.74, 6) is -0.239. The summed E-state index contributed by atoms with van der Waals surface area (Å²) in [6.07, 6.45) is 5.31. The number of benzene rings is 1. The number of pyridine rings is 2. The molecular weight excluding hydrogens is 328 g/mol. The van der Waals surface area contributed by atoms with Crippen molar-refractivity contribution in [2.24, 2.45) is 0 Å². The van der Waals surface area contributed by atoms with Crippen LogP contribution in [0.2, 0.25) is 0 Å². The molecule has 132 valence electrons. The molecule has 0 aliphatic carbocycles. The minimum atomic E-state index is -0.122. The molecule has 0 fully saturated rings. The molecule has 1 aromatic carbocycles. The molecule has 0 bridgehead atoms. The highest BCUT2D eigenvalue weighted by atomic mass is 16.2. The predicted octanol–water partition coefficient (Wildman–Crippen LogP) is 2.69. The van der Waals surface area contributed by atoms with E-state index >= 15 is 0 Å². The van der Waals surface area contributed by atoms with E-state index in [1.807, 2.05) is 42.5 Å². The van der Waals surface area contributed by atoms with E-state index in [-0.39, 0.29) is 18.2 Å². The van der Waals surface area contributed by atoms with Crippen LogP contribution in [0, 0.1) is 0 Å². The molecule has 6 heteroatoms. The highest BCUT2D eigenvalue weighted by Crippen LogP contribution is 2.25. The van der Waals surface area contributed by atoms with Gasteiger partial charge in [0.1, 0.15) is 0 Å². The van der Waals surface area contributed by atoms with Gasteiger partial charge in [-0.05, 0) is 23.8 Å². The molecule has 2 aromatic heterocycles. The number of hydrogen-bond acceptors (Lipinski definition) is 4. The Kier molecular flexibility index (Phi) is 5.53. The number of amides is 2. The first kappa shape index (κ1) is 17.5. The maximum atomic E-state index is 12.2. The van der Waals surface area contributed by atoms with E-state index in [2.05, 4.69) is 15.3 Å². The lowest BCUT2D eigenvalue weighted by Gasteiger charge is -2.22. The molecule has 0 radical (unpaired) electrons. The number of aromatic nitrogens is 2. The topological polar surface area (TPSA) is 75.2 Å². The van der Waals surface area contributed by atoms with Gasteiger partial charge in [-0.1, -0.05) is 24.3 Å². The lowest BCUT2D eigenvalue weighted by Crippen LogP contribution is -2.34. The smallest absolute Gasteiger partial charge is 0.223 e. The predicted molar refractivity (Wildman–Crippen MR) is 100 cm³/mol. The molecule has 1 N–H and O–H groups in total. The Hall–Kier alpha value is -3.28. The van der Waals surface area contributed by atoms with Crippen molar-refractivity contribution in [3.8, 4) is 0 Å². The van der Waals surface area contributed by atoms with Gasteiger partial charge in [0, 0.05) is 50.4 Å². The lowest BCUT2D eigenvalue weighted by atomic mass is 10.1. The SMILES string of the molecule is CC(=O)N(CCC(=O)NCc1cccnc1)c1cccc2cccnc12. The van der Waals surface area contributed by atoms with Crippen molar-refractivity contribution in [2.45, 2.75) is 19.9 Å². The zero-order valence-corrected chi connectivity index (χ0v) is 14.6. The first-order chi connectivity index (χ1) is 12.6. The number of fused-ring (bicyclic) bond motifs is 1. The number of hydrogen-bond donors (Lipinski definition) is 1. The van der Waals surface area contributed by atoms with Crippen LogP contribution in [-0.2, 0) is 16.1 Å². The average Bonchev–Trinajstić information content (AvgIpc) is 2.67.